The maximum absolute atomic E-state index is 10.3. The summed E-state index contributed by atoms with van der Waals surface area (Å²) < 4.78 is 0. The summed E-state index contributed by atoms with van der Waals surface area (Å²) in [6.45, 7) is 4.56. The van der Waals surface area contributed by atoms with E-state index >= 15 is 0 Å². The lowest BCUT2D eigenvalue weighted by Crippen LogP contribution is -2.17. The van der Waals surface area contributed by atoms with Crippen molar-refractivity contribution in [1.29, 1.82) is 0 Å². The molecule has 0 aliphatic heterocycles. The minimum absolute atomic E-state index is 0.255. The van der Waals surface area contributed by atoms with E-state index in [1.54, 1.807) is 13.8 Å². The van der Waals surface area contributed by atoms with Crippen LogP contribution in [-0.4, -0.2) is 22.5 Å². The highest BCUT2D eigenvalue weighted by Gasteiger charge is 1.96. The first-order valence-corrected chi connectivity index (χ1v) is 3.07. The fraction of sp³-hybridized carbons (Fsp3) is 0.500. The van der Waals surface area contributed by atoms with E-state index in [-0.39, 0.29) is 5.91 Å². The van der Waals surface area contributed by atoms with Gasteiger partial charge in [0, 0.05) is 6.92 Å². The number of carbonyl (C=O) groups excluding carboxylic acids is 1. The largest absolute Gasteiger partial charge is 0.411 e. The molecule has 0 saturated carbocycles. The first-order valence-electron chi connectivity index (χ1n) is 3.07. The van der Waals surface area contributed by atoms with Crippen molar-refractivity contribution < 1.29 is 10.0 Å². The van der Waals surface area contributed by atoms with E-state index in [1.165, 1.54) is 6.92 Å². The lowest BCUT2D eigenvalue weighted by Gasteiger charge is -1.96. The number of hydrogen-bond acceptors (Lipinski definition) is 4. The first kappa shape index (κ1) is 9.61. The van der Waals surface area contributed by atoms with E-state index in [1.807, 2.05) is 0 Å². The topological polar surface area (TPSA) is 74.0 Å². The molecule has 62 valence electrons. The van der Waals surface area contributed by atoms with Gasteiger partial charge >= 0.3 is 0 Å². The zero-order valence-corrected chi connectivity index (χ0v) is 6.75. The van der Waals surface area contributed by atoms with Crippen LogP contribution in [-0.2, 0) is 4.79 Å². The van der Waals surface area contributed by atoms with Crippen LogP contribution >= 0.6 is 0 Å². The number of oxime groups is 1. The number of rotatable bonds is 2. The molecule has 0 aromatic heterocycles. The Balaban J connectivity index is 4.12. The summed E-state index contributed by atoms with van der Waals surface area (Å²) in [5.41, 5.74) is 3.07. The Bertz CT molecular complexity index is 208. The Morgan fingerprint density at radius 3 is 2.18 bits per heavy atom. The van der Waals surface area contributed by atoms with E-state index in [0.29, 0.717) is 11.4 Å². The molecule has 0 aliphatic rings. The summed E-state index contributed by atoms with van der Waals surface area (Å²) in [5.74, 6) is -0.255. The second-order valence-electron chi connectivity index (χ2n) is 2.05. The highest BCUT2D eigenvalue weighted by Crippen LogP contribution is 1.80. The fourth-order valence-corrected chi connectivity index (χ4v) is 0.316. The summed E-state index contributed by atoms with van der Waals surface area (Å²) in [7, 11) is 0. The summed E-state index contributed by atoms with van der Waals surface area (Å²) in [6.07, 6.45) is 0. The average molecular weight is 157 g/mol. The van der Waals surface area contributed by atoms with Gasteiger partial charge in [-0.2, -0.15) is 5.10 Å². The van der Waals surface area contributed by atoms with Crippen molar-refractivity contribution in [3.8, 4) is 0 Å². The Kier molecular flexibility index (Phi) is 3.87. The van der Waals surface area contributed by atoms with Gasteiger partial charge in [-0.1, -0.05) is 5.16 Å². The Morgan fingerprint density at radius 2 is 1.82 bits per heavy atom. The number of nitrogens with zero attached hydrogens (tertiary/aromatic N) is 2. The molecule has 0 aromatic carbocycles. The van der Waals surface area contributed by atoms with Gasteiger partial charge in [-0.3, -0.25) is 4.79 Å². The minimum atomic E-state index is -0.255. The molecule has 0 fully saturated rings. The van der Waals surface area contributed by atoms with Gasteiger partial charge in [0.05, 0.1) is 11.4 Å². The fourth-order valence-electron chi connectivity index (χ4n) is 0.316. The molecule has 0 bridgehead atoms. The molecule has 0 aliphatic carbocycles. The minimum Gasteiger partial charge on any atom is -0.411 e. The molecular formula is C6H11N3O2. The summed E-state index contributed by atoms with van der Waals surface area (Å²) in [4.78, 5) is 10.3. The van der Waals surface area contributed by atoms with Crippen molar-refractivity contribution in [2.24, 2.45) is 10.3 Å². The van der Waals surface area contributed by atoms with Gasteiger partial charge in [0.15, 0.2) is 0 Å². The van der Waals surface area contributed by atoms with Crippen LogP contribution in [0.5, 0.6) is 0 Å². The van der Waals surface area contributed by atoms with Crippen LogP contribution in [0.15, 0.2) is 10.3 Å². The third-order valence-corrected chi connectivity index (χ3v) is 1.05. The highest BCUT2D eigenvalue weighted by atomic mass is 16.4. The van der Waals surface area contributed by atoms with Gasteiger partial charge in [0.25, 0.3) is 0 Å². The van der Waals surface area contributed by atoms with Crippen LogP contribution in [0.4, 0.5) is 0 Å². The van der Waals surface area contributed by atoms with E-state index in [4.69, 9.17) is 5.21 Å². The molecule has 0 radical (unpaired) electrons. The molecule has 0 saturated heterocycles. The van der Waals surface area contributed by atoms with Crippen LogP contribution in [0.2, 0.25) is 0 Å². The van der Waals surface area contributed by atoms with Crippen LogP contribution in [0.1, 0.15) is 20.8 Å². The second-order valence-corrected chi connectivity index (χ2v) is 2.05. The number of amides is 1. The molecule has 0 atom stereocenters. The smallest absolute Gasteiger partial charge is 0.236 e. The Hall–Kier alpha value is -1.39. The molecule has 0 rings (SSSR count). The first-order chi connectivity index (χ1) is 5.07. The van der Waals surface area contributed by atoms with Gasteiger partial charge < -0.3 is 5.21 Å². The zero-order valence-electron chi connectivity index (χ0n) is 6.75. The van der Waals surface area contributed by atoms with Gasteiger partial charge in [-0.15, -0.1) is 0 Å². The molecule has 1 amide bonds. The molecule has 5 heteroatoms. The Morgan fingerprint density at radius 1 is 1.27 bits per heavy atom. The van der Waals surface area contributed by atoms with E-state index in [0.717, 1.165) is 0 Å². The van der Waals surface area contributed by atoms with E-state index in [9.17, 15) is 4.79 Å². The molecular weight excluding hydrogens is 146 g/mol. The number of nitrogens with one attached hydrogen (secondary N) is 1. The maximum atomic E-state index is 10.3. The molecule has 0 aromatic rings. The van der Waals surface area contributed by atoms with Gasteiger partial charge in [0.2, 0.25) is 5.91 Å². The lowest BCUT2D eigenvalue weighted by atomic mass is 10.3. The van der Waals surface area contributed by atoms with Crippen LogP contribution < -0.4 is 5.43 Å². The SMILES string of the molecule is CC(=O)N/N=C(C)/C(C)=N/O. The van der Waals surface area contributed by atoms with Crippen molar-refractivity contribution in [1.82, 2.24) is 5.43 Å². The average Bonchev–Trinajstić information content (AvgIpc) is 1.98. The van der Waals surface area contributed by atoms with Crippen molar-refractivity contribution in [2.75, 3.05) is 0 Å². The summed E-state index contributed by atoms with van der Waals surface area (Å²) in [5, 5.41) is 14.8. The number of hydrogen-bond donors (Lipinski definition) is 2. The predicted molar refractivity (Wildman–Crippen MR) is 41.8 cm³/mol. The molecule has 0 spiro atoms. The molecule has 5 nitrogen and oxygen atoms in total. The van der Waals surface area contributed by atoms with Gasteiger partial charge in [0.1, 0.15) is 0 Å². The lowest BCUT2D eigenvalue weighted by molar-refractivity contribution is -0.118. The van der Waals surface area contributed by atoms with Crippen molar-refractivity contribution in [3.05, 3.63) is 0 Å². The normalized spacial score (nSPS) is 13.0. The van der Waals surface area contributed by atoms with Crippen molar-refractivity contribution in [2.45, 2.75) is 20.8 Å². The van der Waals surface area contributed by atoms with E-state index < -0.39 is 0 Å². The predicted octanol–water partition coefficient (Wildman–Crippen LogP) is 0.348. The van der Waals surface area contributed by atoms with Crippen LogP contribution in [0.25, 0.3) is 0 Å². The standard InChI is InChI=1S/C6H11N3O2/c1-4(5(2)9-11)7-8-6(3)10/h11H,1-3H3,(H,8,10)/b7-4+,9-5+. The zero-order chi connectivity index (χ0) is 8.85. The number of hydrazone groups is 1. The third kappa shape index (κ3) is 4.07. The molecule has 2 N–H and O–H groups in total. The van der Waals surface area contributed by atoms with Crippen molar-refractivity contribution >= 4 is 17.3 Å². The van der Waals surface area contributed by atoms with Crippen LogP contribution in [0, 0.1) is 0 Å². The summed E-state index contributed by atoms with van der Waals surface area (Å²) in [6, 6.07) is 0. The van der Waals surface area contributed by atoms with Crippen molar-refractivity contribution in [3.63, 3.8) is 0 Å². The number of carbonyl (C=O) groups is 1. The van der Waals surface area contributed by atoms with E-state index in [2.05, 4.69) is 15.7 Å². The molecule has 0 heterocycles. The molecule has 11 heavy (non-hydrogen) atoms. The molecule has 0 unspecified atom stereocenters. The maximum Gasteiger partial charge on any atom is 0.236 e. The highest BCUT2D eigenvalue weighted by molar-refractivity contribution is 6.40. The third-order valence-electron chi connectivity index (χ3n) is 1.05. The summed E-state index contributed by atoms with van der Waals surface area (Å²) >= 11 is 0. The second kappa shape index (κ2) is 4.43. The van der Waals surface area contributed by atoms with Gasteiger partial charge in [-0.05, 0) is 13.8 Å². The van der Waals surface area contributed by atoms with Crippen LogP contribution in [0.3, 0.4) is 0 Å². The Labute approximate surface area is 64.8 Å². The monoisotopic (exact) mass is 157 g/mol. The quantitative estimate of drug-likeness (QED) is 0.345. The van der Waals surface area contributed by atoms with Gasteiger partial charge in [-0.25, -0.2) is 5.43 Å².